The molecule has 2 aromatic rings. The van der Waals surface area contributed by atoms with Gasteiger partial charge < -0.3 is 4.52 Å². The van der Waals surface area contributed by atoms with Crippen molar-refractivity contribution in [1.29, 1.82) is 0 Å². The average Bonchev–Trinajstić information content (AvgIpc) is 2.69. The third kappa shape index (κ3) is 3.68. The molecule has 0 bridgehead atoms. The first-order chi connectivity index (χ1) is 8.98. The maximum atomic E-state index is 11.8. The van der Waals surface area contributed by atoms with Crippen LogP contribution < -0.4 is 4.72 Å². The third-order valence-electron chi connectivity index (χ3n) is 2.27. The van der Waals surface area contributed by atoms with E-state index in [4.69, 9.17) is 4.52 Å². The van der Waals surface area contributed by atoms with Crippen LogP contribution in [0.2, 0.25) is 0 Å². The van der Waals surface area contributed by atoms with Crippen LogP contribution in [0.15, 0.2) is 44.7 Å². The topological polar surface area (TPSA) is 72.2 Å². The molecule has 1 aromatic heterocycles. The van der Waals surface area contributed by atoms with Crippen molar-refractivity contribution in [3.05, 3.63) is 51.5 Å². The molecule has 2 rings (SSSR count). The Morgan fingerprint density at radius 1 is 1.32 bits per heavy atom. The first kappa shape index (κ1) is 13.8. The summed E-state index contributed by atoms with van der Waals surface area (Å²) in [5.41, 5.74) is 0.795. The maximum Gasteiger partial charge on any atom is 0.256 e. The van der Waals surface area contributed by atoms with Gasteiger partial charge in [0.05, 0.1) is 5.41 Å². The second kappa shape index (κ2) is 5.58. The zero-order valence-corrected chi connectivity index (χ0v) is 12.4. The molecule has 0 fully saturated rings. The molecule has 7 heteroatoms. The van der Waals surface area contributed by atoms with Crippen LogP contribution in [-0.2, 0) is 10.0 Å². The highest BCUT2D eigenvalue weighted by Crippen LogP contribution is 2.25. The minimum absolute atomic E-state index is 0.134. The number of anilines is 1. The predicted octanol–water partition coefficient (Wildman–Crippen LogP) is 3.16. The summed E-state index contributed by atoms with van der Waals surface area (Å²) in [6, 6.07) is 9.14. The lowest BCUT2D eigenvalue weighted by molar-refractivity contribution is 0.399. The molecule has 0 unspecified atom stereocenters. The number of nitrogens with zero attached hydrogens (tertiary/aromatic N) is 1. The highest BCUT2D eigenvalue weighted by molar-refractivity contribution is 9.10. The largest absolute Gasteiger partial charge is 0.358 e. The minimum Gasteiger partial charge on any atom is -0.358 e. The van der Waals surface area contributed by atoms with Gasteiger partial charge in [0.15, 0.2) is 5.82 Å². The molecular weight excluding hydrogens is 332 g/mol. The Morgan fingerprint density at radius 2 is 2.00 bits per heavy atom. The Morgan fingerprint density at radius 3 is 2.58 bits per heavy atom. The van der Waals surface area contributed by atoms with Crippen LogP contribution in [0, 0.1) is 6.92 Å². The van der Waals surface area contributed by atoms with Gasteiger partial charge in [0, 0.05) is 0 Å². The van der Waals surface area contributed by atoms with Crippen molar-refractivity contribution in [3.8, 4) is 0 Å². The van der Waals surface area contributed by atoms with Crippen molar-refractivity contribution in [2.75, 3.05) is 4.72 Å². The Bertz CT molecular complexity index is 693. The van der Waals surface area contributed by atoms with Gasteiger partial charge in [-0.05, 0) is 34.5 Å². The molecular formula is C12H11BrN2O3S. The number of hydrogen-bond acceptors (Lipinski definition) is 4. The molecule has 5 nitrogen and oxygen atoms in total. The van der Waals surface area contributed by atoms with Crippen LogP contribution in [0.25, 0.3) is 6.08 Å². The van der Waals surface area contributed by atoms with E-state index in [0.29, 0.717) is 10.2 Å². The third-order valence-corrected chi connectivity index (χ3v) is 4.18. The maximum absolute atomic E-state index is 11.8. The molecule has 0 aliphatic carbocycles. The van der Waals surface area contributed by atoms with Crippen LogP contribution >= 0.6 is 15.9 Å². The predicted molar refractivity (Wildman–Crippen MR) is 77.0 cm³/mol. The number of benzene rings is 1. The minimum atomic E-state index is -3.63. The number of nitrogens with one attached hydrogen (secondary N) is 1. The quantitative estimate of drug-likeness (QED) is 0.926. The SMILES string of the molecule is Cc1onc(NS(=O)(=O)/C=C/c2ccccc2)c1Br. The van der Waals surface area contributed by atoms with E-state index >= 15 is 0 Å². The summed E-state index contributed by atoms with van der Waals surface area (Å²) in [6.07, 6.45) is 1.50. The smallest absolute Gasteiger partial charge is 0.256 e. The van der Waals surface area contributed by atoms with E-state index in [0.717, 1.165) is 11.0 Å². The Labute approximate surface area is 119 Å². The average molecular weight is 343 g/mol. The number of sulfonamides is 1. The van der Waals surface area contributed by atoms with Gasteiger partial charge in [-0.3, -0.25) is 4.72 Å². The van der Waals surface area contributed by atoms with Gasteiger partial charge in [-0.15, -0.1) is 0 Å². The van der Waals surface area contributed by atoms with Crippen LogP contribution in [0.5, 0.6) is 0 Å². The lowest BCUT2D eigenvalue weighted by atomic mass is 10.2. The van der Waals surface area contributed by atoms with E-state index < -0.39 is 10.0 Å². The van der Waals surface area contributed by atoms with Gasteiger partial charge in [-0.2, -0.15) is 0 Å². The zero-order valence-electron chi connectivity index (χ0n) is 10.00. The standard InChI is InChI=1S/C12H11BrN2O3S/c1-9-11(13)12(14-18-9)15-19(16,17)8-7-10-5-3-2-4-6-10/h2-8H,1H3,(H,14,15)/b8-7+. The van der Waals surface area contributed by atoms with Crippen molar-refractivity contribution in [1.82, 2.24) is 5.16 Å². The summed E-state index contributed by atoms with van der Waals surface area (Å²) in [7, 11) is -3.63. The first-order valence-corrected chi connectivity index (χ1v) is 7.69. The molecule has 0 atom stereocenters. The molecule has 100 valence electrons. The van der Waals surface area contributed by atoms with Crippen LogP contribution in [0.3, 0.4) is 0 Å². The van der Waals surface area contributed by atoms with E-state index in [-0.39, 0.29) is 5.82 Å². The number of aryl methyl sites for hydroxylation is 1. The summed E-state index contributed by atoms with van der Waals surface area (Å²) in [4.78, 5) is 0. The molecule has 1 heterocycles. The second-order valence-electron chi connectivity index (χ2n) is 3.76. The van der Waals surface area contributed by atoms with Gasteiger partial charge in [0.1, 0.15) is 10.2 Å². The molecule has 0 spiro atoms. The second-order valence-corrected chi connectivity index (χ2v) is 6.12. The Kier molecular flexibility index (Phi) is 4.06. The van der Waals surface area contributed by atoms with Crippen molar-refractivity contribution >= 4 is 37.8 Å². The highest BCUT2D eigenvalue weighted by atomic mass is 79.9. The number of aromatic nitrogens is 1. The van der Waals surface area contributed by atoms with Crippen molar-refractivity contribution in [3.63, 3.8) is 0 Å². The van der Waals surface area contributed by atoms with Gasteiger partial charge in [0.25, 0.3) is 10.0 Å². The van der Waals surface area contributed by atoms with Crippen LogP contribution in [0.1, 0.15) is 11.3 Å². The van der Waals surface area contributed by atoms with Crippen molar-refractivity contribution in [2.24, 2.45) is 0 Å². The molecule has 19 heavy (non-hydrogen) atoms. The number of halogens is 1. The summed E-state index contributed by atoms with van der Waals surface area (Å²) in [5, 5.41) is 4.69. The zero-order chi connectivity index (χ0) is 13.9. The van der Waals surface area contributed by atoms with Crippen LogP contribution in [0.4, 0.5) is 5.82 Å². The van der Waals surface area contributed by atoms with Gasteiger partial charge >= 0.3 is 0 Å². The van der Waals surface area contributed by atoms with Gasteiger partial charge in [-0.1, -0.05) is 35.5 Å². The van der Waals surface area contributed by atoms with E-state index in [1.165, 1.54) is 6.08 Å². The molecule has 0 amide bonds. The van der Waals surface area contributed by atoms with Gasteiger partial charge in [0.2, 0.25) is 0 Å². The van der Waals surface area contributed by atoms with E-state index in [1.807, 2.05) is 30.3 Å². The molecule has 1 N–H and O–H groups in total. The van der Waals surface area contributed by atoms with Crippen LogP contribution in [-0.4, -0.2) is 13.6 Å². The van der Waals surface area contributed by atoms with Crippen molar-refractivity contribution in [2.45, 2.75) is 6.92 Å². The molecule has 0 saturated carbocycles. The normalized spacial score (nSPS) is 11.9. The number of rotatable bonds is 4. The molecule has 0 aliphatic rings. The monoisotopic (exact) mass is 342 g/mol. The molecule has 0 aliphatic heterocycles. The Hall–Kier alpha value is -1.60. The van der Waals surface area contributed by atoms with Gasteiger partial charge in [-0.25, -0.2) is 8.42 Å². The fourth-order valence-electron chi connectivity index (χ4n) is 1.33. The highest BCUT2D eigenvalue weighted by Gasteiger charge is 2.14. The number of hydrogen-bond donors (Lipinski definition) is 1. The lowest BCUT2D eigenvalue weighted by Gasteiger charge is -2.00. The Balaban J connectivity index is 2.16. The molecule has 1 aromatic carbocycles. The summed E-state index contributed by atoms with van der Waals surface area (Å²) >= 11 is 3.19. The van der Waals surface area contributed by atoms with E-state index in [2.05, 4.69) is 25.8 Å². The lowest BCUT2D eigenvalue weighted by Crippen LogP contribution is -2.09. The summed E-state index contributed by atoms with van der Waals surface area (Å²) < 4.78 is 31.3. The summed E-state index contributed by atoms with van der Waals surface area (Å²) in [5.74, 6) is 0.639. The fraction of sp³-hybridized carbons (Fsp3) is 0.0833. The first-order valence-electron chi connectivity index (χ1n) is 5.36. The summed E-state index contributed by atoms with van der Waals surface area (Å²) in [6.45, 7) is 1.68. The van der Waals surface area contributed by atoms with E-state index in [9.17, 15) is 8.42 Å². The fourth-order valence-corrected chi connectivity index (χ4v) is 2.51. The molecule has 0 saturated heterocycles. The van der Waals surface area contributed by atoms with E-state index in [1.54, 1.807) is 6.92 Å². The molecule has 0 radical (unpaired) electrons. The van der Waals surface area contributed by atoms with Crippen molar-refractivity contribution < 1.29 is 12.9 Å².